The third-order valence-corrected chi connectivity index (χ3v) is 3.42. The summed E-state index contributed by atoms with van der Waals surface area (Å²) in [5.74, 6) is 0.601. The minimum Gasteiger partial charge on any atom is -0.457 e. The van der Waals surface area contributed by atoms with Gasteiger partial charge in [-0.1, -0.05) is 45.2 Å². The van der Waals surface area contributed by atoms with Crippen molar-refractivity contribution >= 4 is 39.1 Å². The van der Waals surface area contributed by atoms with Gasteiger partial charge in [-0.25, -0.2) is 4.39 Å². The Balaban J connectivity index is 2.33. The van der Waals surface area contributed by atoms with Gasteiger partial charge in [-0.05, 0) is 24.3 Å². The van der Waals surface area contributed by atoms with E-state index in [1.807, 2.05) is 6.07 Å². The van der Waals surface area contributed by atoms with Gasteiger partial charge in [0.2, 0.25) is 0 Å². The van der Waals surface area contributed by atoms with E-state index >= 15 is 0 Å². The molecule has 0 aromatic heterocycles. The van der Waals surface area contributed by atoms with Crippen LogP contribution in [-0.4, -0.2) is 0 Å². The molecule has 5 heteroatoms. The van der Waals surface area contributed by atoms with Crippen LogP contribution in [0.5, 0.6) is 11.5 Å². The van der Waals surface area contributed by atoms with Crippen LogP contribution < -0.4 is 4.74 Å². The molecule has 1 nitrogen and oxygen atoms in total. The van der Waals surface area contributed by atoms with Crippen molar-refractivity contribution in [2.45, 2.75) is 5.33 Å². The quantitative estimate of drug-likeness (QED) is 0.634. The smallest absolute Gasteiger partial charge is 0.142 e. The zero-order valence-electron chi connectivity index (χ0n) is 9.09. The Morgan fingerprint density at radius 1 is 1.11 bits per heavy atom. The summed E-state index contributed by atoms with van der Waals surface area (Å²) >= 11 is 15.0. The van der Waals surface area contributed by atoms with Crippen LogP contribution in [0, 0.1) is 5.82 Å². The van der Waals surface area contributed by atoms with Crippen molar-refractivity contribution in [1.29, 1.82) is 0 Å². The first-order valence-corrected chi connectivity index (χ1v) is 6.95. The molecule has 0 amide bonds. The minimum atomic E-state index is -0.476. The van der Waals surface area contributed by atoms with Crippen LogP contribution in [0.25, 0.3) is 0 Å². The molecule has 0 bridgehead atoms. The molecule has 18 heavy (non-hydrogen) atoms. The van der Waals surface area contributed by atoms with Crippen LogP contribution in [0.1, 0.15) is 5.56 Å². The van der Waals surface area contributed by atoms with Crippen LogP contribution in [0.4, 0.5) is 4.39 Å². The van der Waals surface area contributed by atoms with E-state index in [1.165, 1.54) is 18.2 Å². The van der Waals surface area contributed by atoms with Crippen molar-refractivity contribution in [1.82, 2.24) is 0 Å². The summed E-state index contributed by atoms with van der Waals surface area (Å²) in [6, 6.07) is 9.54. The van der Waals surface area contributed by atoms with E-state index < -0.39 is 5.82 Å². The fourth-order valence-corrected chi connectivity index (χ4v) is 2.20. The van der Waals surface area contributed by atoms with E-state index in [0.29, 0.717) is 21.9 Å². The monoisotopic (exact) mass is 348 g/mol. The van der Waals surface area contributed by atoms with Gasteiger partial charge in [0.25, 0.3) is 0 Å². The number of rotatable bonds is 3. The molecule has 0 unspecified atom stereocenters. The fourth-order valence-electron chi connectivity index (χ4n) is 1.40. The van der Waals surface area contributed by atoms with Crippen LogP contribution in [0.2, 0.25) is 10.0 Å². The molecule has 0 atom stereocenters. The highest BCUT2D eigenvalue weighted by Crippen LogP contribution is 2.31. The van der Waals surface area contributed by atoms with Crippen LogP contribution in [0.15, 0.2) is 36.4 Å². The van der Waals surface area contributed by atoms with Gasteiger partial charge in [0.15, 0.2) is 0 Å². The lowest BCUT2D eigenvalue weighted by Crippen LogP contribution is -1.90. The highest BCUT2D eigenvalue weighted by molar-refractivity contribution is 9.08. The number of ether oxygens (including phenoxy) is 1. The lowest BCUT2D eigenvalue weighted by Gasteiger charge is -2.10. The van der Waals surface area contributed by atoms with E-state index in [4.69, 9.17) is 27.9 Å². The SMILES string of the molecule is Fc1ccc(Oc2cc(Cl)ccc2CBr)cc1Cl. The van der Waals surface area contributed by atoms with Gasteiger partial charge in [-0.2, -0.15) is 0 Å². The number of hydrogen-bond donors (Lipinski definition) is 0. The molecule has 2 aromatic rings. The molecule has 94 valence electrons. The highest BCUT2D eigenvalue weighted by Gasteiger charge is 2.07. The Hall–Kier alpha value is -0.770. The van der Waals surface area contributed by atoms with Crippen molar-refractivity contribution < 1.29 is 9.13 Å². The van der Waals surface area contributed by atoms with Crippen molar-refractivity contribution in [2.75, 3.05) is 0 Å². The van der Waals surface area contributed by atoms with Gasteiger partial charge in [0, 0.05) is 22.0 Å². The summed E-state index contributed by atoms with van der Waals surface area (Å²) in [4.78, 5) is 0. The van der Waals surface area contributed by atoms with Crippen molar-refractivity contribution in [3.63, 3.8) is 0 Å². The van der Waals surface area contributed by atoms with Crippen LogP contribution in [-0.2, 0) is 5.33 Å². The standard InChI is InChI=1S/C13H8BrCl2FO/c14-7-8-1-2-9(15)5-13(8)18-10-3-4-12(17)11(16)6-10/h1-6H,7H2. The molecule has 0 saturated heterocycles. The Morgan fingerprint density at radius 3 is 2.56 bits per heavy atom. The van der Waals surface area contributed by atoms with Gasteiger partial charge >= 0.3 is 0 Å². The predicted octanol–water partition coefficient (Wildman–Crippen LogP) is 5.82. The van der Waals surface area contributed by atoms with Gasteiger partial charge in [-0.3, -0.25) is 0 Å². The topological polar surface area (TPSA) is 9.23 Å². The summed E-state index contributed by atoms with van der Waals surface area (Å²) in [6.07, 6.45) is 0. The Labute approximate surface area is 123 Å². The number of benzene rings is 2. The van der Waals surface area contributed by atoms with Gasteiger partial charge in [-0.15, -0.1) is 0 Å². The molecule has 0 radical (unpaired) electrons. The number of alkyl halides is 1. The van der Waals surface area contributed by atoms with Crippen LogP contribution in [0.3, 0.4) is 0 Å². The number of hydrogen-bond acceptors (Lipinski definition) is 1. The summed E-state index contributed by atoms with van der Waals surface area (Å²) in [5.41, 5.74) is 0.944. The molecule has 2 aromatic carbocycles. The Bertz CT molecular complexity index is 575. The fraction of sp³-hybridized carbons (Fsp3) is 0.0769. The third kappa shape index (κ3) is 3.16. The summed E-state index contributed by atoms with van der Waals surface area (Å²) in [7, 11) is 0. The molecule has 0 heterocycles. The lowest BCUT2D eigenvalue weighted by molar-refractivity contribution is 0.476. The van der Waals surface area contributed by atoms with Crippen LogP contribution >= 0.6 is 39.1 Å². The maximum absolute atomic E-state index is 13.0. The first-order chi connectivity index (χ1) is 8.60. The zero-order chi connectivity index (χ0) is 13.1. The van der Waals surface area contributed by atoms with E-state index in [-0.39, 0.29) is 5.02 Å². The molecule has 0 saturated carbocycles. The second kappa shape index (κ2) is 5.91. The van der Waals surface area contributed by atoms with E-state index in [0.717, 1.165) is 5.56 Å². The van der Waals surface area contributed by atoms with Gasteiger partial charge < -0.3 is 4.74 Å². The van der Waals surface area contributed by atoms with E-state index in [1.54, 1.807) is 12.1 Å². The molecular weight excluding hydrogens is 342 g/mol. The molecule has 0 fully saturated rings. The van der Waals surface area contributed by atoms with Crippen molar-refractivity contribution in [3.05, 3.63) is 57.8 Å². The molecular formula is C13H8BrCl2FO. The summed E-state index contributed by atoms with van der Waals surface area (Å²) in [6.45, 7) is 0. The lowest BCUT2D eigenvalue weighted by atomic mass is 10.2. The molecule has 0 spiro atoms. The first kappa shape index (κ1) is 13.7. The molecule has 0 aliphatic carbocycles. The molecule has 0 N–H and O–H groups in total. The Morgan fingerprint density at radius 2 is 1.89 bits per heavy atom. The van der Waals surface area contributed by atoms with Crippen molar-refractivity contribution in [3.8, 4) is 11.5 Å². The molecule has 2 rings (SSSR count). The minimum absolute atomic E-state index is 0.0231. The van der Waals surface area contributed by atoms with Gasteiger partial charge in [0.1, 0.15) is 17.3 Å². The molecule has 0 aliphatic heterocycles. The van der Waals surface area contributed by atoms with E-state index in [2.05, 4.69) is 15.9 Å². The molecule has 0 aliphatic rings. The largest absolute Gasteiger partial charge is 0.457 e. The number of halogens is 4. The predicted molar refractivity (Wildman–Crippen MR) is 75.6 cm³/mol. The summed E-state index contributed by atoms with van der Waals surface area (Å²) < 4.78 is 18.7. The maximum Gasteiger partial charge on any atom is 0.142 e. The highest BCUT2D eigenvalue weighted by atomic mass is 79.9. The average molecular weight is 350 g/mol. The second-order valence-electron chi connectivity index (χ2n) is 3.56. The zero-order valence-corrected chi connectivity index (χ0v) is 12.2. The summed E-state index contributed by atoms with van der Waals surface area (Å²) in [5, 5.41) is 1.23. The third-order valence-electron chi connectivity index (χ3n) is 2.29. The van der Waals surface area contributed by atoms with Gasteiger partial charge in [0.05, 0.1) is 5.02 Å². The van der Waals surface area contributed by atoms with Crippen molar-refractivity contribution in [2.24, 2.45) is 0 Å². The van der Waals surface area contributed by atoms with E-state index in [9.17, 15) is 4.39 Å². The Kier molecular flexibility index (Phi) is 4.49. The second-order valence-corrected chi connectivity index (χ2v) is 4.97. The average Bonchev–Trinajstić information content (AvgIpc) is 2.34. The normalized spacial score (nSPS) is 10.4. The first-order valence-electron chi connectivity index (χ1n) is 5.07. The maximum atomic E-state index is 13.0.